The number of ether oxygens (including phenoxy) is 1. The molecule has 4 aromatic rings. The first-order valence-electron chi connectivity index (χ1n) is 8.28. The topological polar surface area (TPSA) is 91.8 Å². The number of thioether (sulfide) groups is 1. The van der Waals surface area contributed by atoms with E-state index >= 15 is 0 Å². The van der Waals surface area contributed by atoms with E-state index in [0.29, 0.717) is 34.0 Å². The molecule has 0 N–H and O–H groups in total. The Morgan fingerprint density at radius 1 is 1.11 bits per heavy atom. The molecule has 2 aromatic carbocycles. The van der Waals surface area contributed by atoms with Crippen LogP contribution >= 0.6 is 11.8 Å². The highest BCUT2D eigenvalue weighted by Crippen LogP contribution is 2.28. The molecule has 10 heteroatoms. The largest absolute Gasteiger partial charge is 0.494 e. The predicted molar refractivity (Wildman–Crippen MR) is 99.7 cm³/mol. The third-order valence-corrected chi connectivity index (χ3v) is 4.79. The monoisotopic (exact) mass is 398 g/mol. The van der Waals surface area contributed by atoms with Gasteiger partial charge in [-0.2, -0.15) is 4.68 Å². The molecule has 0 atom stereocenters. The minimum Gasteiger partial charge on any atom is -0.494 e. The van der Waals surface area contributed by atoms with Crippen LogP contribution in [0.5, 0.6) is 5.75 Å². The summed E-state index contributed by atoms with van der Waals surface area (Å²) in [6.07, 6.45) is 0. The van der Waals surface area contributed by atoms with Crippen molar-refractivity contribution in [2.24, 2.45) is 0 Å². The van der Waals surface area contributed by atoms with Crippen LogP contribution in [0.1, 0.15) is 11.5 Å². The van der Waals surface area contributed by atoms with Gasteiger partial charge in [-0.3, -0.25) is 0 Å². The molecule has 0 aliphatic heterocycles. The molecule has 4 rings (SSSR count). The van der Waals surface area contributed by atoms with Crippen LogP contribution in [0.25, 0.3) is 17.1 Å². The fourth-order valence-corrected chi connectivity index (χ4v) is 3.25. The molecule has 0 fully saturated rings. The summed E-state index contributed by atoms with van der Waals surface area (Å²) in [7, 11) is 1.60. The summed E-state index contributed by atoms with van der Waals surface area (Å²) >= 11 is 1.35. The molecule has 0 saturated carbocycles. The van der Waals surface area contributed by atoms with Crippen molar-refractivity contribution >= 4 is 11.8 Å². The molecular formula is C18H15FN6O2S. The summed E-state index contributed by atoms with van der Waals surface area (Å²) in [6.45, 7) is 1.98. The highest BCUT2D eigenvalue weighted by Gasteiger charge is 2.16. The van der Waals surface area contributed by atoms with E-state index in [1.54, 1.807) is 23.9 Å². The molecular weight excluding hydrogens is 383 g/mol. The van der Waals surface area contributed by atoms with Crippen LogP contribution in [0.3, 0.4) is 0 Å². The van der Waals surface area contributed by atoms with Gasteiger partial charge in [0.1, 0.15) is 17.3 Å². The van der Waals surface area contributed by atoms with E-state index in [-0.39, 0.29) is 5.82 Å². The fraction of sp³-hybridized carbons (Fsp3) is 0.167. The van der Waals surface area contributed by atoms with E-state index < -0.39 is 0 Å². The molecule has 0 aliphatic carbocycles. The molecule has 0 unspecified atom stereocenters. The Morgan fingerprint density at radius 2 is 1.93 bits per heavy atom. The quantitative estimate of drug-likeness (QED) is 0.456. The second-order valence-electron chi connectivity index (χ2n) is 5.85. The maximum atomic E-state index is 13.0. The second kappa shape index (κ2) is 7.77. The minimum atomic E-state index is -0.322. The molecule has 0 radical (unpaired) electrons. The summed E-state index contributed by atoms with van der Waals surface area (Å²) in [6, 6.07) is 11.6. The van der Waals surface area contributed by atoms with Crippen LogP contribution in [0, 0.1) is 12.7 Å². The summed E-state index contributed by atoms with van der Waals surface area (Å²) < 4.78 is 25.7. The summed E-state index contributed by atoms with van der Waals surface area (Å²) in [5, 5.41) is 20.5. The normalized spacial score (nSPS) is 11.0. The highest BCUT2D eigenvalue weighted by atomic mass is 32.2. The standard InChI is InChI=1S/C18H15FN6O2S/c1-11-3-8-15(26-2)14(9-11)25-18(22-23-24-25)28-10-16-20-21-17(27-16)12-4-6-13(19)7-5-12/h3-9H,10H2,1-2H3. The first-order valence-corrected chi connectivity index (χ1v) is 9.27. The average Bonchev–Trinajstić information content (AvgIpc) is 3.36. The highest BCUT2D eigenvalue weighted by molar-refractivity contribution is 7.98. The molecule has 0 aliphatic rings. The van der Waals surface area contributed by atoms with Crippen LogP contribution < -0.4 is 4.74 Å². The predicted octanol–water partition coefficient (Wildman–Crippen LogP) is 3.46. The van der Waals surface area contributed by atoms with Crippen LogP contribution in [-0.4, -0.2) is 37.5 Å². The van der Waals surface area contributed by atoms with Gasteiger partial charge < -0.3 is 9.15 Å². The van der Waals surface area contributed by atoms with Gasteiger partial charge in [-0.15, -0.1) is 15.3 Å². The van der Waals surface area contributed by atoms with Crippen molar-refractivity contribution in [3.8, 4) is 22.9 Å². The van der Waals surface area contributed by atoms with Gasteiger partial charge in [0.25, 0.3) is 0 Å². The zero-order valence-electron chi connectivity index (χ0n) is 15.0. The lowest BCUT2D eigenvalue weighted by Gasteiger charge is -2.09. The molecule has 142 valence electrons. The van der Waals surface area contributed by atoms with Gasteiger partial charge in [-0.05, 0) is 59.3 Å². The molecule has 8 nitrogen and oxygen atoms in total. The zero-order chi connectivity index (χ0) is 19.5. The van der Waals surface area contributed by atoms with Crippen molar-refractivity contribution in [2.45, 2.75) is 17.8 Å². The number of hydrogen-bond donors (Lipinski definition) is 0. The minimum absolute atomic E-state index is 0.322. The van der Waals surface area contributed by atoms with Crippen molar-refractivity contribution in [1.29, 1.82) is 0 Å². The molecule has 0 amide bonds. The zero-order valence-corrected chi connectivity index (χ0v) is 15.9. The van der Waals surface area contributed by atoms with Crippen LogP contribution in [-0.2, 0) is 5.75 Å². The van der Waals surface area contributed by atoms with Gasteiger partial charge >= 0.3 is 0 Å². The van der Waals surface area contributed by atoms with E-state index in [0.717, 1.165) is 11.3 Å². The van der Waals surface area contributed by atoms with E-state index in [1.165, 1.54) is 23.9 Å². The number of nitrogens with zero attached hydrogens (tertiary/aromatic N) is 6. The molecule has 0 spiro atoms. The first-order chi connectivity index (χ1) is 13.6. The van der Waals surface area contributed by atoms with E-state index in [9.17, 15) is 4.39 Å². The van der Waals surface area contributed by atoms with Gasteiger partial charge in [0.2, 0.25) is 16.9 Å². The van der Waals surface area contributed by atoms with Crippen molar-refractivity contribution in [1.82, 2.24) is 30.4 Å². The average molecular weight is 398 g/mol. The number of aryl methyl sites for hydroxylation is 1. The number of aromatic nitrogens is 6. The molecule has 0 bridgehead atoms. The first kappa shape index (κ1) is 18.1. The SMILES string of the molecule is COc1ccc(C)cc1-n1nnnc1SCc1nnc(-c2ccc(F)cc2)o1. The Balaban J connectivity index is 1.52. The molecule has 28 heavy (non-hydrogen) atoms. The maximum Gasteiger partial charge on any atom is 0.247 e. The van der Waals surface area contributed by atoms with Crippen LogP contribution in [0.15, 0.2) is 52.0 Å². The van der Waals surface area contributed by atoms with Gasteiger partial charge in [0.15, 0.2) is 0 Å². The third kappa shape index (κ3) is 3.72. The summed E-state index contributed by atoms with van der Waals surface area (Å²) in [5.74, 6) is 1.46. The van der Waals surface area contributed by atoms with Crippen molar-refractivity contribution in [3.05, 3.63) is 59.7 Å². The lowest BCUT2D eigenvalue weighted by Crippen LogP contribution is -2.02. The summed E-state index contributed by atoms with van der Waals surface area (Å²) in [5.41, 5.74) is 2.45. The van der Waals surface area contributed by atoms with Gasteiger partial charge in [-0.1, -0.05) is 17.8 Å². The Hall–Kier alpha value is -3.27. The Bertz CT molecular complexity index is 1100. The Labute approximate surface area is 163 Å². The van der Waals surface area contributed by atoms with Crippen molar-refractivity contribution < 1.29 is 13.5 Å². The smallest absolute Gasteiger partial charge is 0.247 e. The number of benzene rings is 2. The van der Waals surface area contributed by atoms with Crippen molar-refractivity contribution in [2.75, 3.05) is 7.11 Å². The van der Waals surface area contributed by atoms with E-state index in [4.69, 9.17) is 9.15 Å². The Morgan fingerprint density at radius 3 is 2.71 bits per heavy atom. The number of halogens is 1. The number of tetrazole rings is 1. The maximum absolute atomic E-state index is 13.0. The Kier molecular flexibility index (Phi) is 5.02. The van der Waals surface area contributed by atoms with Crippen LogP contribution in [0.2, 0.25) is 0 Å². The second-order valence-corrected chi connectivity index (χ2v) is 6.79. The number of methoxy groups -OCH3 is 1. The van der Waals surface area contributed by atoms with Crippen LogP contribution in [0.4, 0.5) is 4.39 Å². The van der Waals surface area contributed by atoms with Gasteiger partial charge in [-0.25, -0.2) is 4.39 Å². The molecule has 2 aromatic heterocycles. The van der Waals surface area contributed by atoms with Gasteiger partial charge in [0, 0.05) is 5.56 Å². The summed E-state index contributed by atoms with van der Waals surface area (Å²) in [4.78, 5) is 0. The fourth-order valence-electron chi connectivity index (χ4n) is 2.53. The third-order valence-electron chi connectivity index (χ3n) is 3.89. The van der Waals surface area contributed by atoms with Gasteiger partial charge in [0.05, 0.1) is 12.9 Å². The lowest BCUT2D eigenvalue weighted by atomic mass is 10.2. The molecule has 0 saturated heterocycles. The lowest BCUT2D eigenvalue weighted by molar-refractivity contribution is 0.410. The molecule has 2 heterocycles. The number of rotatable bonds is 6. The van der Waals surface area contributed by atoms with E-state index in [1.807, 2.05) is 25.1 Å². The van der Waals surface area contributed by atoms with E-state index in [2.05, 4.69) is 25.7 Å². The van der Waals surface area contributed by atoms with Crippen molar-refractivity contribution in [3.63, 3.8) is 0 Å². The number of hydrogen-bond acceptors (Lipinski definition) is 8.